The number of nitrogens with one attached hydrogen (secondary N) is 1. The van der Waals surface area contributed by atoms with E-state index < -0.39 is 0 Å². The second-order valence-electron chi connectivity index (χ2n) is 8.56. The summed E-state index contributed by atoms with van der Waals surface area (Å²) >= 11 is 0. The van der Waals surface area contributed by atoms with Crippen LogP contribution in [0.1, 0.15) is 58.8 Å². The van der Waals surface area contributed by atoms with Crippen molar-refractivity contribution in [2.24, 2.45) is 5.92 Å². The van der Waals surface area contributed by atoms with Crippen molar-refractivity contribution in [3.8, 4) is 0 Å². The monoisotopic (exact) mass is 397 g/mol. The molecule has 2 aliphatic rings. The van der Waals surface area contributed by atoms with E-state index in [0.29, 0.717) is 6.54 Å². The SMILES string of the molecule is CC(=O)N(CCC1=CCCCC1)CC(=O)Nc1ccc(N2CCC(C)CC2)cc1. The molecule has 5 nitrogen and oxygen atoms in total. The van der Waals surface area contributed by atoms with E-state index in [1.807, 2.05) is 12.1 Å². The predicted octanol–water partition coefficient (Wildman–Crippen LogP) is 4.60. The average Bonchev–Trinajstić information content (AvgIpc) is 2.73. The molecular formula is C24H35N3O2. The van der Waals surface area contributed by atoms with Crippen molar-refractivity contribution in [1.29, 1.82) is 0 Å². The minimum atomic E-state index is -0.141. The zero-order chi connectivity index (χ0) is 20.6. The van der Waals surface area contributed by atoms with Crippen LogP contribution in [-0.4, -0.2) is 42.9 Å². The molecule has 1 aromatic carbocycles. The quantitative estimate of drug-likeness (QED) is 0.684. The van der Waals surface area contributed by atoms with Crippen LogP contribution in [0.25, 0.3) is 0 Å². The lowest BCUT2D eigenvalue weighted by atomic mass is 9.97. The summed E-state index contributed by atoms with van der Waals surface area (Å²) in [5, 5.41) is 2.94. The van der Waals surface area contributed by atoms with Crippen LogP contribution in [0.15, 0.2) is 35.9 Å². The number of carbonyl (C=O) groups excluding carboxylic acids is 2. The Morgan fingerprint density at radius 3 is 2.48 bits per heavy atom. The normalized spacial score (nSPS) is 17.6. The second kappa shape index (κ2) is 10.5. The topological polar surface area (TPSA) is 52.7 Å². The molecule has 1 fully saturated rings. The number of allylic oxidation sites excluding steroid dienone is 1. The molecule has 1 aliphatic carbocycles. The van der Waals surface area contributed by atoms with Crippen LogP contribution >= 0.6 is 0 Å². The third-order valence-corrected chi connectivity index (χ3v) is 6.17. The Labute approximate surface area is 175 Å². The first-order valence-electron chi connectivity index (χ1n) is 11.1. The van der Waals surface area contributed by atoms with Gasteiger partial charge in [-0.3, -0.25) is 9.59 Å². The molecule has 0 saturated carbocycles. The summed E-state index contributed by atoms with van der Waals surface area (Å²) in [6.45, 7) is 6.76. The molecule has 0 spiro atoms. The molecule has 2 amide bonds. The fraction of sp³-hybridized carbons (Fsp3) is 0.583. The smallest absolute Gasteiger partial charge is 0.243 e. The molecule has 1 N–H and O–H groups in total. The first-order valence-corrected chi connectivity index (χ1v) is 11.1. The van der Waals surface area contributed by atoms with Gasteiger partial charge in [-0.05, 0) is 75.1 Å². The van der Waals surface area contributed by atoms with Gasteiger partial charge in [-0.15, -0.1) is 0 Å². The van der Waals surface area contributed by atoms with Gasteiger partial charge in [0.2, 0.25) is 11.8 Å². The van der Waals surface area contributed by atoms with E-state index in [-0.39, 0.29) is 18.4 Å². The maximum absolute atomic E-state index is 12.5. The van der Waals surface area contributed by atoms with Crippen LogP contribution in [-0.2, 0) is 9.59 Å². The minimum Gasteiger partial charge on any atom is -0.372 e. The summed E-state index contributed by atoms with van der Waals surface area (Å²) < 4.78 is 0. The molecule has 0 radical (unpaired) electrons. The second-order valence-corrected chi connectivity index (χ2v) is 8.56. The van der Waals surface area contributed by atoms with E-state index >= 15 is 0 Å². The van der Waals surface area contributed by atoms with Crippen LogP contribution < -0.4 is 10.2 Å². The van der Waals surface area contributed by atoms with Crippen LogP contribution in [0.2, 0.25) is 0 Å². The van der Waals surface area contributed by atoms with Crippen LogP contribution in [0.4, 0.5) is 11.4 Å². The highest BCUT2D eigenvalue weighted by Gasteiger charge is 2.17. The van der Waals surface area contributed by atoms with Gasteiger partial charge in [-0.2, -0.15) is 0 Å². The van der Waals surface area contributed by atoms with E-state index in [1.165, 1.54) is 43.9 Å². The van der Waals surface area contributed by atoms with Gasteiger partial charge in [0.05, 0.1) is 6.54 Å². The summed E-state index contributed by atoms with van der Waals surface area (Å²) in [6, 6.07) is 8.06. The lowest BCUT2D eigenvalue weighted by molar-refractivity contribution is -0.132. The van der Waals surface area contributed by atoms with Gasteiger partial charge in [0, 0.05) is 37.9 Å². The predicted molar refractivity (Wildman–Crippen MR) is 119 cm³/mol. The minimum absolute atomic E-state index is 0.0498. The molecule has 1 heterocycles. The lowest BCUT2D eigenvalue weighted by Gasteiger charge is -2.32. The Morgan fingerprint density at radius 1 is 1.14 bits per heavy atom. The van der Waals surface area contributed by atoms with E-state index in [9.17, 15) is 9.59 Å². The summed E-state index contributed by atoms with van der Waals surface area (Å²) in [6.07, 6.45) is 10.4. The maximum Gasteiger partial charge on any atom is 0.243 e. The lowest BCUT2D eigenvalue weighted by Crippen LogP contribution is -2.37. The van der Waals surface area contributed by atoms with Crippen LogP contribution in [0, 0.1) is 5.92 Å². The number of benzene rings is 1. The average molecular weight is 398 g/mol. The highest BCUT2D eigenvalue weighted by molar-refractivity contribution is 5.94. The molecule has 1 aliphatic heterocycles. The molecular weight excluding hydrogens is 362 g/mol. The molecule has 5 heteroatoms. The van der Waals surface area contributed by atoms with Crippen LogP contribution in [0.3, 0.4) is 0 Å². The molecule has 0 atom stereocenters. The zero-order valence-corrected chi connectivity index (χ0v) is 18.0. The van der Waals surface area contributed by atoms with Crippen molar-refractivity contribution >= 4 is 23.2 Å². The number of nitrogens with zero attached hydrogens (tertiary/aromatic N) is 2. The Morgan fingerprint density at radius 2 is 1.86 bits per heavy atom. The third-order valence-electron chi connectivity index (χ3n) is 6.17. The number of hydrogen-bond acceptors (Lipinski definition) is 3. The van der Waals surface area contributed by atoms with Crippen molar-refractivity contribution in [2.75, 3.05) is 36.4 Å². The number of piperidine rings is 1. The first-order chi connectivity index (χ1) is 14.0. The molecule has 3 rings (SSSR count). The van der Waals surface area contributed by atoms with E-state index in [0.717, 1.165) is 44.0 Å². The Balaban J connectivity index is 1.49. The van der Waals surface area contributed by atoms with Gasteiger partial charge >= 0.3 is 0 Å². The number of hydrogen-bond donors (Lipinski definition) is 1. The Kier molecular flexibility index (Phi) is 7.73. The van der Waals surface area contributed by atoms with E-state index in [1.54, 1.807) is 4.90 Å². The van der Waals surface area contributed by atoms with E-state index in [4.69, 9.17) is 0 Å². The molecule has 0 unspecified atom stereocenters. The molecule has 0 bridgehead atoms. The van der Waals surface area contributed by atoms with Crippen molar-refractivity contribution in [3.63, 3.8) is 0 Å². The fourth-order valence-corrected chi connectivity index (χ4v) is 4.15. The van der Waals surface area contributed by atoms with Crippen LogP contribution in [0.5, 0.6) is 0 Å². The summed E-state index contributed by atoms with van der Waals surface area (Å²) in [4.78, 5) is 28.5. The van der Waals surface area contributed by atoms with Gasteiger partial charge in [0.25, 0.3) is 0 Å². The number of carbonyl (C=O) groups is 2. The van der Waals surface area contributed by atoms with Crippen molar-refractivity contribution in [2.45, 2.75) is 58.8 Å². The summed E-state index contributed by atoms with van der Waals surface area (Å²) in [7, 11) is 0. The van der Waals surface area contributed by atoms with Gasteiger partial charge in [-0.1, -0.05) is 18.6 Å². The fourth-order valence-electron chi connectivity index (χ4n) is 4.15. The number of rotatable bonds is 7. The largest absolute Gasteiger partial charge is 0.372 e. The molecule has 1 saturated heterocycles. The molecule has 158 valence electrons. The zero-order valence-electron chi connectivity index (χ0n) is 18.0. The number of anilines is 2. The van der Waals surface area contributed by atoms with Gasteiger partial charge in [-0.25, -0.2) is 0 Å². The number of amides is 2. The van der Waals surface area contributed by atoms with Crippen molar-refractivity contribution in [1.82, 2.24) is 4.90 Å². The Bertz CT molecular complexity index is 718. The maximum atomic E-state index is 12.5. The molecule has 0 aromatic heterocycles. The first kappa shape index (κ1) is 21.4. The van der Waals surface area contributed by atoms with Gasteiger partial charge in [0.1, 0.15) is 0 Å². The Hall–Kier alpha value is -2.30. The van der Waals surface area contributed by atoms with Crippen molar-refractivity contribution < 1.29 is 9.59 Å². The standard InChI is InChI=1S/C24H35N3O2/c1-19-12-15-26(16-13-19)23-10-8-22(9-11-23)25-24(29)18-27(20(2)28)17-14-21-6-4-3-5-7-21/h6,8-11,19H,3-5,7,12-18H2,1-2H3,(H,25,29). The highest BCUT2D eigenvalue weighted by Crippen LogP contribution is 2.24. The van der Waals surface area contributed by atoms with E-state index in [2.05, 4.69) is 35.3 Å². The van der Waals surface area contributed by atoms with Gasteiger partial charge in [0.15, 0.2) is 0 Å². The van der Waals surface area contributed by atoms with Crippen molar-refractivity contribution in [3.05, 3.63) is 35.9 Å². The summed E-state index contributed by atoms with van der Waals surface area (Å²) in [5.41, 5.74) is 3.41. The van der Waals surface area contributed by atoms with Gasteiger partial charge < -0.3 is 15.1 Å². The highest BCUT2D eigenvalue weighted by atomic mass is 16.2. The third kappa shape index (κ3) is 6.62. The summed E-state index contributed by atoms with van der Waals surface area (Å²) in [5.74, 6) is 0.618. The molecule has 29 heavy (non-hydrogen) atoms. The molecule has 1 aromatic rings.